The van der Waals surface area contributed by atoms with Gasteiger partial charge in [-0.3, -0.25) is 10.2 Å². The number of aliphatic hydroxyl groups is 1. The van der Waals surface area contributed by atoms with Crippen LogP contribution in [0.5, 0.6) is 11.6 Å². The second-order valence-electron chi connectivity index (χ2n) is 8.79. The number of hydrazone groups is 1. The van der Waals surface area contributed by atoms with Crippen molar-refractivity contribution in [1.82, 2.24) is 20.8 Å². The molecule has 0 aliphatic rings. The van der Waals surface area contributed by atoms with Crippen LogP contribution < -0.4 is 25.5 Å². The second kappa shape index (κ2) is 13.5. The Hall–Kier alpha value is -3.24. The fraction of sp³-hybridized carbons (Fsp3) is 0.500. The first kappa shape index (κ1) is 27.0. The fourth-order valence-electron chi connectivity index (χ4n) is 2.79. The van der Waals surface area contributed by atoms with Crippen LogP contribution in [0.15, 0.2) is 41.5 Å². The van der Waals surface area contributed by atoms with Crippen molar-refractivity contribution in [2.24, 2.45) is 5.10 Å². The van der Waals surface area contributed by atoms with Gasteiger partial charge in [0.15, 0.2) is 5.82 Å². The molecule has 1 amide bonds. The largest absolute Gasteiger partial charge is 0.491 e. The Morgan fingerprint density at radius 1 is 1.12 bits per heavy atom. The molecule has 0 saturated carbocycles. The number of para-hydroxylation sites is 1. The van der Waals surface area contributed by atoms with E-state index in [0.717, 1.165) is 11.3 Å². The predicted octanol–water partition coefficient (Wildman–Crippen LogP) is 2.15. The van der Waals surface area contributed by atoms with E-state index in [4.69, 9.17) is 9.47 Å². The van der Waals surface area contributed by atoms with Gasteiger partial charge in [0.2, 0.25) is 11.8 Å². The summed E-state index contributed by atoms with van der Waals surface area (Å²) < 4.78 is 11.6. The van der Waals surface area contributed by atoms with E-state index in [2.05, 4.69) is 31.4 Å². The van der Waals surface area contributed by atoms with Gasteiger partial charge >= 0.3 is 0 Å². The van der Waals surface area contributed by atoms with Crippen molar-refractivity contribution in [1.29, 1.82) is 0 Å². The fourth-order valence-corrected chi connectivity index (χ4v) is 2.79. The summed E-state index contributed by atoms with van der Waals surface area (Å²) in [5.41, 5.74) is 4.25. The van der Waals surface area contributed by atoms with Crippen LogP contribution >= 0.6 is 0 Å². The van der Waals surface area contributed by atoms with E-state index in [1.165, 1.54) is 6.92 Å². The molecule has 1 atom stereocenters. The van der Waals surface area contributed by atoms with Gasteiger partial charge in [-0.1, -0.05) is 18.2 Å². The molecule has 1 aromatic carbocycles. The van der Waals surface area contributed by atoms with Crippen LogP contribution in [0, 0.1) is 0 Å². The molecule has 10 heteroatoms. The van der Waals surface area contributed by atoms with Gasteiger partial charge < -0.3 is 25.2 Å². The minimum absolute atomic E-state index is 0.0654. The lowest BCUT2D eigenvalue weighted by molar-refractivity contribution is -0.118. The topological polar surface area (TPSA) is 130 Å². The standard InChI is InChI=1S/C24H36N6O4/c1-17(2)27-28-22-10-11-23(30-29-22)34-16-24(4,5)26-14-20(32)15-33-21-9-7-6-8-19(21)12-13-25-18(3)31/h6-11,20,26,32H,12-16H2,1-5H3,(H,25,31)(H,28,29). The molecule has 1 heterocycles. The van der Waals surface area contributed by atoms with Gasteiger partial charge in [-0.25, -0.2) is 0 Å². The third kappa shape index (κ3) is 10.6. The Morgan fingerprint density at radius 2 is 1.88 bits per heavy atom. The van der Waals surface area contributed by atoms with Crippen LogP contribution in [0.1, 0.15) is 40.2 Å². The lowest BCUT2D eigenvalue weighted by Crippen LogP contribution is -2.48. The highest BCUT2D eigenvalue weighted by atomic mass is 16.5. The first-order chi connectivity index (χ1) is 16.1. The quantitative estimate of drug-likeness (QED) is 0.243. The maximum Gasteiger partial charge on any atom is 0.233 e. The minimum atomic E-state index is -0.713. The molecule has 0 saturated heterocycles. The number of amides is 1. The average molecular weight is 473 g/mol. The number of hydrogen-bond donors (Lipinski definition) is 4. The number of rotatable bonds is 14. The Kier molecular flexibility index (Phi) is 10.7. The van der Waals surface area contributed by atoms with E-state index in [-0.39, 0.29) is 12.5 Å². The van der Waals surface area contributed by atoms with E-state index >= 15 is 0 Å². The first-order valence-corrected chi connectivity index (χ1v) is 11.3. The molecule has 1 aromatic heterocycles. The molecule has 0 aliphatic heterocycles. The number of aromatic nitrogens is 2. The molecule has 2 aromatic rings. The lowest BCUT2D eigenvalue weighted by Gasteiger charge is -2.27. The van der Waals surface area contributed by atoms with Gasteiger partial charge in [0.25, 0.3) is 0 Å². The Balaban J connectivity index is 1.75. The van der Waals surface area contributed by atoms with Gasteiger partial charge in [0, 0.05) is 37.3 Å². The molecule has 4 N–H and O–H groups in total. The normalized spacial score (nSPS) is 11.9. The highest BCUT2D eigenvalue weighted by molar-refractivity contribution is 5.79. The minimum Gasteiger partial charge on any atom is -0.491 e. The summed E-state index contributed by atoms with van der Waals surface area (Å²) in [4.78, 5) is 11.1. The molecule has 0 bridgehead atoms. The van der Waals surface area contributed by atoms with Crippen LogP contribution in [0.2, 0.25) is 0 Å². The van der Waals surface area contributed by atoms with Crippen molar-refractivity contribution in [3.8, 4) is 11.6 Å². The summed E-state index contributed by atoms with van der Waals surface area (Å²) in [5, 5.41) is 28.6. The molecule has 1 unspecified atom stereocenters. The maximum atomic E-state index is 11.1. The molecule has 0 fully saturated rings. The molecule has 34 heavy (non-hydrogen) atoms. The zero-order chi connectivity index (χ0) is 25.0. The summed E-state index contributed by atoms with van der Waals surface area (Å²) in [5.74, 6) is 1.57. The number of carbonyl (C=O) groups is 1. The zero-order valence-corrected chi connectivity index (χ0v) is 20.6. The Labute approximate surface area is 201 Å². The van der Waals surface area contributed by atoms with Gasteiger partial charge in [-0.05, 0) is 51.8 Å². The third-order valence-electron chi connectivity index (χ3n) is 4.60. The Bertz CT molecular complexity index is 929. The van der Waals surface area contributed by atoms with E-state index in [0.29, 0.717) is 43.6 Å². The lowest BCUT2D eigenvalue weighted by atomic mass is 10.1. The number of ether oxygens (including phenoxy) is 2. The highest BCUT2D eigenvalue weighted by Gasteiger charge is 2.20. The van der Waals surface area contributed by atoms with Crippen molar-refractivity contribution in [2.45, 2.75) is 52.7 Å². The number of β-amino-alcohol motifs (C(OH)–C–C–N with tert-alkyl or cyclic N) is 1. The summed E-state index contributed by atoms with van der Waals surface area (Å²) >= 11 is 0. The highest BCUT2D eigenvalue weighted by Crippen LogP contribution is 2.18. The van der Waals surface area contributed by atoms with E-state index in [1.54, 1.807) is 12.1 Å². The third-order valence-corrected chi connectivity index (χ3v) is 4.60. The van der Waals surface area contributed by atoms with Gasteiger partial charge in [-0.15, -0.1) is 10.2 Å². The summed E-state index contributed by atoms with van der Waals surface area (Å²) in [6.45, 7) is 10.5. The molecule has 10 nitrogen and oxygen atoms in total. The average Bonchev–Trinajstić information content (AvgIpc) is 2.80. The van der Waals surface area contributed by atoms with Crippen molar-refractivity contribution in [3.05, 3.63) is 42.0 Å². The van der Waals surface area contributed by atoms with Gasteiger partial charge in [-0.2, -0.15) is 5.10 Å². The number of aliphatic hydroxyl groups excluding tert-OH is 1. The summed E-state index contributed by atoms with van der Waals surface area (Å²) in [7, 11) is 0. The van der Waals surface area contributed by atoms with Crippen LogP contribution in [-0.2, 0) is 11.2 Å². The number of benzene rings is 1. The van der Waals surface area contributed by atoms with Crippen molar-refractivity contribution < 1.29 is 19.4 Å². The zero-order valence-electron chi connectivity index (χ0n) is 20.6. The monoisotopic (exact) mass is 472 g/mol. The summed E-state index contributed by atoms with van der Waals surface area (Å²) in [6, 6.07) is 11.1. The van der Waals surface area contributed by atoms with E-state index in [1.807, 2.05) is 52.0 Å². The maximum absolute atomic E-state index is 11.1. The number of hydrogen-bond acceptors (Lipinski definition) is 9. The first-order valence-electron chi connectivity index (χ1n) is 11.3. The van der Waals surface area contributed by atoms with Crippen molar-refractivity contribution >= 4 is 17.4 Å². The summed E-state index contributed by atoms with van der Waals surface area (Å²) in [6.07, 6.45) is -0.0600. The second-order valence-corrected chi connectivity index (χ2v) is 8.79. The molecule has 0 aliphatic carbocycles. The molecular formula is C24H36N6O4. The van der Waals surface area contributed by atoms with Gasteiger partial charge in [0.05, 0.1) is 0 Å². The Morgan fingerprint density at radius 3 is 2.56 bits per heavy atom. The van der Waals surface area contributed by atoms with Crippen molar-refractivity contribution in [3.63, 3.8) is 0 Å². The number of nitrogens with one attached hydrogen (secondary N) is 3. The number of carbonyl (C=O) groups excluding carboxylic acids is 1. The predicted molar refractivity (Wildman–Crippen MR) is 132 cm³/mol. The molecule has 186 valence electrons. The smallest absolute Gasteiger partial charge is 0.233 e. The van der Waals surface area contributed by atoms with Crippen LogP contribution in [0.25, 0.3) is 0 Å². The SMILES string of the molecule is CC(=O)NCCc1ccccc1OCC(O)CNC(C)(C)COc1ccc(NN=C(C)C)nn1. The van der Waals surface area contributed by atoms with Crippen LogP contribution in [0.3, 0.4) is 0 Å². The van der Waals surface area contributed by atoms with Crippen LogP contribution in [0.4, 0.5) is 5.82 Å². The van der Waals surface area contributed by atoms with E-state index < -0.39 is 11.6 Å². The van der Waals surface area contributed by atoms with E-state index in [9.17, 15) is 9.90 Å². The molecule has 2 rings (SSSR count). The molecular weight excluding hydrogens is 436 g/mol. The van der Waals surface area contributed by atoms with Crippen molar-refractivity contribution in [2.75, 3.05) is 31.7 Å². The number of nitrogens with zero attached hydrogens (tertiary/aromatic N) is 3. The van der Waals surface area contributed by atoms with Crippen LogP contribution in [-0.4, -0.2) is 64.9 Å². The number of anilines is 1. The molecule has 0 radical (unpaired) electrons. The van der Waals surface area contributed by atoms with Gasteiger partial charge in [0.1, 0.15) is 25.1 Å². The molecule has 0 spiro atoms.